The summed E-state index contributed by atoms with van der Waals surface area (Å²) < 4.78 is 42.9. The molecule has 1 aliphatic heterocycles. The number of carboxylic acid groups (broad SMARTS) is 1. The first-order chi connectivity index (χ1) is 9.42. The van der Waals surface area contributed by atoms with Crippen LogP contribution in [0.2, 0.25) is 0 Å². The van der Waals surface area contributed by atoms with Gasteiger partial charge in [-0.05, 0) is 17.7 Å². The maximum absolute atomic E-state index is 13.6. The number of carboxylic acids is 1. The Hall–Kier alpha value is -2.05. The van der Waals surface area contributed by atoms with Crippen molar-refractivity contribution in [1.82, 2.24) is 0 Å². The molecular formula is C13H12F2O5. The minimum Gasteiger partial charge on any atom is -0.493 e. The Labute approximate surface area is 113 Å². The van der Waals surface area contributed by atoms with E-state index >= 15 is 0 Å². The molecule has 1 N–H and O–H groups in total. The molecule has 2 aliphatic rings. The second-order valence-electron chi connectivity index (χ2n) is 4.79. The van der Waals surface area contributed by atoms with Crippen molar-refractivity contribution in [2.24, 2.45) is 0 Å². The Morgan fingerprint density at radius 2 is 2.00 bits per heavy atom. The quantitative estimate of drug-likeness (QED) is 0.918. The van der Waals surface area contributed by atoms with Crippen LogP contribution in [0.4, 0.5) is 8.78 Å². The SMILES string of the molecule is COc1cc(C2(C(=O)O)CC2(F)F)cc2c1OCCO2. The van der Waals surface area contributed by atoms with Crippen LogP contribution in [0.1, 0.15) is 12.0 Å². The van der Waals surface area contributed by atoms with E-state index in [0.717, 1.165) is 0 Å². The van der Waals surface area contributed by atoms with E-state index in [2.05, 4.69) is 0 Å². The Morgan fingerprint density at radius 1 is 1.35 bits per heavy atom. The molecule has 0 bridgehead atoms. The average molecular weight is 286 g/mol. The first-order valence-electron chi connectivity index (χ1n) is 6.02. The molecule has 0 aromatic heterocycles. The molecule has 1 aromatic rings. The molecule has 0 saturated heterocycles. The molecule has 1 aliphatic carbocycles. The van der Waals surface area contributed by atoms with Gasteiger partial charge in [0.1, 0.15) is 13.2 Å². The van der Waals surface area contributed by atoms with Crippen LogP contribution in [0, 0.1) is 0 Å². The first kappa shape index (κ1) is 13.0. The van der Waals surface area contributed by atoms with Crippen LogP contribution in [0.15, 0.2) is 12.1 Å². The third-order valence-corrected chi connectivity index (χ3v) is 3.67. The summed E-state index contributed by atoms with van der Waals surface area (Å²) in [5, 5.41) is 9.17. The highest BCUT2D eigenvalue weighted by Gasteiger charge is 2.77. The summed E-state index contributed by atoms with van der Waals surface area (Å²) in [6.45, 7) is 0.596. The zero-order valence-electron chi connectivity index (χ0n) is 10.6. The molecule has 1 atom stereocenters. The molecule has 1 heterocycles. The van der Waals surface area contributed by atoms with Gasteiger partial charge in [-0.2, -0.15) is 0 Å². The van der Waals surface area contributed by atoms with Crippen molar-refractivity contribution in [1.29, 1.82) is 0 Å². The van der Waals surface area contributed by atoms with Crippen LogP contribution in [0.25, 0.3) is 0 Å². The van der Waals surface area contributed by atoms with E-state index in [-0.39, 0.29) is 23.7 Å². The second kappa shape index (κ2) is 3.97. The largest absolute Gasteiger partial charge is 0.493 e. The summed E-state index contributed by atoms with van der Waals surface area (Å²) >= 11 is 0. The Bertz CT molecular complexity index is 569. The number of hydrogen-bond acceptors (Lipinski definition) is 4. The number of methoxy groups -OCH3 is 1. The number of alkyl halides is 2. The highest BCUT2D eigenvalue weighted by molar-refractivity contribution is 5.88. The number of hydrogen-bond donors (Lipinski definition) is 1. The number of halogens is 2. The van der Waals surface area contributed by atoms with Gasteiger partial charge in [-0.1, -0.05) is 0 Å². The van der Waals surface area contributed by atoms with Gasteiger partial charge in [0.15, 0.2) is 16.9 Å². The standard InChI is InChI=1S/C13H12F2O5/c1-18-8-4-7(5-9-10(8)20-3-2-19-9)12(11(16)17)6-13(12,14)15/h4-5H,2-3,6H2,1H3,(H,16,17). The molecule has 0 amide bonds. The average Bonchev–Trinajstić information content (AvgIpc) is 3.02. The summed E-state index contributed by atoms with van der Waals surface area (Å²) in [6, 6.07) is 2.58. The van der Waals surface area contributed by atoms with Crippen molar-refractivity contribution in [3.63, 3.8) is 0 Å². The monoisotopic (exact) mass is 286 g/mol. The van der Waals surface area contributed by atoms with E-state index in [9.17, 15) is 13.6 Å². The van der Waals surface area contributed by atoms with E-state index in [1.807, 2.05) is 0 Å². The third kappa shape index (κ3) is 1.55. The lowest BCUT2D eigenvalue weighted by Gasteiger charge is -2.23. The molecule has 1 unspecified atom stereocenters. The molecule has 108 valence electrons. The predicted molar refractivity (Wildman–Crippen MR) is 62.9 cm³/mol. The first-order valence-corrected chi connectivity index (χ1v) is 6.02. The molecular weight excluding hydrogens is 274 g/mol. The number of fused-ring (bicyclic) bond motifs is 1. The zero-order chi connectivity index (χ0) is 14.5. The van der Waals surface area contributed by atoms with Crippen molar-refractivity contribution in [3.8, 4) is 17.2 Å². The second-order valence-corrected chi connectivity index (χ2v) is 4.79. The number of benzene rings is 1. The number of rotatable bonds is 3. The fourth-order valence-electron chi connectivity index (χ4n) is 2.48. The van der Waals surface area contributed by atoms with Gasteiger partial charge in [0.25, 0.3) is 5.92 Å². The van der Waals surface area contributed by atoms with Gasteiger partial charge in [0.05, 0.1) is 7.11 Å². The van der Waals surface area contributed by atoms with Gasteiger partial charge in [-0.25, -0.2) is 8.78 Å². The van der Waals surface area contributed by atoms with Crippen LogP contribution in [0.5, 0.6) is 17.2 Å². The lowest BCUT2D eigenvalue weighted by Crippen LogP contribution is -2.27. The highest BCUT2D eigenvalue weighted by Crippen LogP contribution is 2.63. The van der Waals surface area contributed by atoms with Crippen LogP contribution in [0.3, 0.4) is 0 Å². The van der Waals surface area contributed by atoms with E-state index in [1.165, 1.54) is 19.2 Å². The van der Waals surface area contributed by atoms with Crippen molar-refractivity contribution >= 4 is 5.97 Å². The molecule has 5 nitrogen and oxygen atoms in total. The van der Waals surface area contributed by atoms with Gasteiger partial charge in [-0.15, -0.1) is 0 Å². The van der Waals surface area contributed by atoms with E-state index in [0.29, 0.717) is 12.4 Å². The number of ether oxygens (including phenoxy) is 3. The van der Waals surface area contributed by atoms with Gasteiger partial charge in [-0.3, -0.25) is 4.79 Å². The van der Waals surface area contributed by atoms with Gasteiger partial charge < -0.3 is 19.3 Å². The lowest BCUT2D eigenvalue weighted by molar-refractivity contribution is -0.142. The minimum atomic E-state index is -3.27. The fourth-order valence-corrected chi connectivity index (χ4v) is 2.48. The van der Waals surface area contributed by atoms with Gasteiger partial charge in [0, 0.05) is 6.42 Å². The molecule has 20 heavy (non-hydrogen) atoms. The molecule has 0 spiro atoms. The number of aliphatic carboxylic acids is 1. The zero-order valence-corrected chi connectivity index (χ0v) is 10.6. The van der Waals surface area contributed by atoms with E-state index < -0.39 is 23.7 Å². The van der Waals surface area contributed by atoms with Crippen molar-refractivity contribution in [3.05, 3.63) is 17.7 Å². The highest BCUT2D eigenvalue weighted by atomic mass is 19.3. The summed E-state index contributed by atoms with van der Waals surface area (Å²) in [5.74, 6) is -4.09. The van der Waals surface area contributed by atoms with Crippen molar-refractivity contribution < 1.29 is 32.9 Å². The van der Waals surface area contributed by atoms with Crippen LogP contribution in [-0.2, 0) is 10.2 Å². The summed E-state index contributed by atoms with van der Waals surface area (Å²) in [7, 11) is 1.36. The Kier molecular flexibility index (Phi) is 2.57. The maximum atomic E-state index is 13.6. The molecule has 3 rings (SSSR count). The number of carbonyl (C=O) groups is 1. The molecule has 1 fully saturated rings. The van der Waals surface area contributed by atoms with Crippen LogP contribution in [-0.4, -0.2) is 37.3 Å². The summed E-state index contributed by atoms with van der Waals surface area (Å²) in [6.07, 6.45) is -0.724. The van der Waals surface area contributed by atoms with Crippen molar-refractivity contribution in [2.75, 3.05) is 20.3 Å². The Balaban J connectivity index is 2.14. The van der Waals surface area contributed by atoms with Gasteiger partial charge >= 0.3 is 5.97 Å². The summed E-state index contributed by atoms with van der Waals surface area (Å²) in [5.41, 5.74) is -2.23. The predicted octanol–water partition coefficient (Wildman–Crippen LogP) is 1.83. The molecule has 1 saturated carbocycles. The smallest absolute Gasteiger partial charge is 0.320 e. The summed E-state index contributed by atoms with van der Waals surface area (Å²) in [4.78, 5) is 11.3. The topological polar surface area (TPSA) is 65.0 Å². The molecule has 1 aromatic carbocycles. The normalized spacial score (nSPS) is 25.9. The molecule has 7 heteroatoms. The Morgan fingerprint density at radius 3 is 2.55 bits per heavy atom. The maximum Gasteiger partial charge on any atom is 0.320 e. The van der Waals surface area contributed by atoms with E-state index in [1.54, 1.807) is 0 Å². The molecule has 0 radical (unpaired) electrons. The van der Waals surface area contributed by atoms with Crippen LogP contribution < -0.4 is 14.2 Å². The third-order valence-electron chi connectivity index (χ3n) is 3.67. The van der Waals surface area contributed by atoms with Gasteiger partial charge in [0.2, 0.25) is 5.75 Å². The lowest BCUT2D eigenvalue weighted by atomic mass is 9.94. The minimum absolute atomic E-state index is 0.0314. The van der Waals surface area contributed by atoms with E-state index in [4.69, 9.17) is 19.3 Å². The fraction of sp³-hybridized carbons (Fsp3) is 0.462. The van der Waals surface area contributed by atoms with Crippen LogP contribution >= 0.6 is 0 Å². The van der Waals surface area contributed by atoms with Crippen molar-refractivity contribution in [2.45, 2.75) is 17.8 Å².